The first-order valence-corrected chi connectivity index (χ1v) is 11.0. The van der Waals surface area contributed by atoms with Crippen molar-refractivity contribution in [1.82, 2.24) is 30.0 Å². The largest absolute Gasteiger partial charge is 0.497 e. The fraction of sp³-hybridized carbons (Fsp3) is 0.375. The minimum Gasteiger partial charge on any atom is -0.497 e. The van der Waals surface area contributed by atoms with Gasteiger partial charge in [0.15, 0.2) is 5.82 Å². The molecule has 3 aromatic rings. The van der Waals surface area contributed by atoms with Crippen molar-refractivity contribution in [1.29, 1.82) is 0 Å². The summed E-state index contributed by atoms with van der Waals surface area (Å²) in [5, 5.41) is 7.39. The van der Waals surface area contributed by atoms with Crippen LogP contribution in [0.25, 0.3) is 0 Å². The van der Waals surface area contributed by atoms with E-state index in [-0.39, 0.29) is 17.7 Å². The van der Waals surface area contributed by atoms with Crippen LogP contribution in [0.5, 0.6) is 5.75 Å². The number of H-pyrrole nitrogens is 1. The number of methoxy groups -OCH3 is 1. The lowest BCUT2D eigenvalue weighted by molar-refractivity contribution is -0.129. The number of likely N-dealkylation sites (tertiary alicyclic amines) is 2. The van der Waals surface area contributed by atoms with Crippen LogP contribution >= 0.6 is 0 Å². The zero-order chi connectivity index (χ0) is 23.0. The molecule has 0 bridgehead atoms. The van der Waals surface area contributed by atoms with Crippen molar-refractivity contribution in [3.05, 3.63) is 71.6 Å². The minimum atomic E-state index is -0.493. The van der Waals surface area contributed by atoms with Crippen LogP contribution in [0.15, 0.2) is 48.8 Å². The van der Waals surface area contributed by atoms with Gasteiger partial charge in [0.05, 0.1) is 24.5 Å². The van der Waals surface area contributed by atoms with Crippen molar-refractivity contribution >= 4 is 11.8 Å². The quantitative estimate of drug-likeness (QED) is 0.639. The molecule has 2 aliphatic heterocycles. The molecular formula is C24H26N6O3. The Kier molecular flexibility index (Phi) is 5.32. The van der Waals surface area contributed by atoms with E-state index in [9.17, 15) is 9.59 Å². The van der Waals surface area contributed by atoms with Crippen LogP contribution < -0.4 is 4.74 Å². The summed E-state index contributed by atoms with van der Waals surface area (Å²) >= 11 is 0. The Labute approximate surface area is 191 Å². The topological polar surface area (TPSA) is 104 Å². The van der Waals surface area contributed by atoms with Crippen LogP contribution in [-0.4, -0.2) is 75.1 Å². The molecule has 5 rings (SSSR count). The van der Waals surface area contributed by atoms with Crippen molar-refractivity contribution in [2.75, 3.05) is 33.3 Å². The highest BCUT2D eigenvalue weighted by molar-refractivity contribution is 5.94. The van der Waals surface area contributed by atoms with E-state index in [2.05, 4.69) is 20.2 Å². The summed E-state index contributed by atoms with van der Waals surface area (Å²) in [5.74, 6) is 2.17. The Morgan fingerprint density at radius 2 is 2.00 bits per heavy atom. The minimum absolute atomic E-state index is 0.0504. The Bertz CT molecular complexity index is 1180. The van der Waals surface area contributed by atoms with Gasteiger partial charge in [-0.05, 0) is 36.8 Å². The number of aryl methyl sites for hydroxylation is 1. The van der Waals surface area contributed by atoms with Gasteiger partial charge < -0.3 is 14.5 Å². The molecule has 0 unspecified atom stereocenters. The number of aromatic nitrogens is 4. The lowest BCUT2D eigenvalue weighted by Crippen LogP contribution is -2.42. The second kappa shape index (κ2) is 8.31. The molecule has 2 aliphatic rings. The van der Waals surface area contributed by atoms with Crippen LogP contribution in [0.3, 0.4) is 0 Å². The zero-order valence-electron chi connectivity index (χ0n) is 18.7. The van der Waals surface area contributed by atoms with E-state index >= 15 is 0 Å². The third kappa shape index (κ3) is 3.83. The molecule has 2 aromatic heterocycles. The number of rotatable bonds is 5. The fourth-order valence-corrected chi connectivity index (χ4v) is 5.03. The van der Waals surface area contributed by atoms with E-state index in [4.69, 9.17) is 4.74 Å². The predicted octanol–water partition coefficient (Wildman–Crippen LogP) is 1.61. The number of carbonyl (C=O) groups is 2. The number of ether oxygens (including phenoxy) is 1. The Hall–Kier alpha value is -3.75. The molecule has 2 atom stereocenters. The molecule has 2 amide bonds. The molecule has 0 aliphatic carbocycles. The van der Waals surface area contributed by atoms with E-state index < -0.39 is 5.41 Å². The first kappa shape index (κ1) is 21.1. The van der Waals surface area contributed by atoms with Gasteiger partial charge >= 0.3 is 0 Å². The molecule has 170 valence electrons. The van der Waals surface area contributed by atoms with Gasteiger partial charge in [0.1, 0.15) is 11.6 Å². The highest BCUT2D eigenvalue weighted by Gasteiger charge is 2.57. The third-order valence-corrected chi connectivity index (χ3v) is 6.69. The molecular weight excluding hydrogens is 420 g/mol. The number of benzene rings is 1. The Morgan fingerprint density at radius 3 is 2.73 bits per heavy atom. The molecule has 0 saturated carbocycles. The zero-order valence-corrected chi connectivity index (χ0v) is 18.7. The van der Waals surface area contributed by atoms with E-state index in [0.717, 1.165) is 17.1 Å². The van der Waals surface area contributed by atoms with Gasteiger partial charge in [-0.1, -0.05) is 12.1 Å². The summed E-state index contributed by atoms with van der Waals surface area (Å²) in [6.45, 7) is 3.91. The second-order valence-electron chi connectivity index (χ2n) is 8.83. The highest BCUT2D eigenvalue weighted by Crippen LogP contribution is 2.44. The molecule has 1 aromatic carbocycles. The number of nitrogens with one attached hydrogen (secondary N) is 1. The second-order valence-corrected chi connectivity index (χ2v) is 8.83. The maximum Gasteiger partial charge on any atom is 0.255 e. The number of amides is 2. The smallest absolute Gasteiger partial charge is 0.255 e. The molecule has 0 spiro atoms. The van der Waals surface area contributed by atoms with Gasteiger partial charge in [0.25, 0.3) is 5.91 Å². The average Bonchev–Trinajstić information content (AvgIpc) is 3.52. The number of hydrogen-bond donors (Lipinski definition) is 1. The molecule has 9 heteroatoms. The number of pyridine rings is 1. The van der Waals surface area contributed by atoms with Crippen molar-refractivity contribution in [2.24, 2.45) is 5.92 Å². The first-order chi connectivity index (χ1) is 16.0. The van der Waals surface area contributed by atoms with Crippen molar-refractivity contribution in [3.63, 3.8) is 0 Å². The van der Waals surface area contributed by atoms with Gasteiger partial charge in [-0.25, -0.2) is 4.98 Å². The van der Waals surface area contributed by atoms with Crippen molar-refractivity contribution in [2.45, 2.75) is 18.8 Å². The van der Waals surface area contributed by atoms with Crippen LogP contribution in [0.2, 0.25) is 0 Å². The van der Waals surface area contributed by atoms with Crippen molar-refractivity contribution < 1.29 is 14.3 Å². The van der Waals surface area contributed by atoms with E-state index in [0.29, 0.717) is 44.0 Å². The molecule has 33 heavy (non-hydrogen) atoms. The number of aromatic amines is 1. The number of nitrogens with zero attached hydrogens (tertiary/aromatic N) is 5. The summed E-state index contributed by atoms with van der Waals surface area (Å²) in [6.07, 6.45) is 3.54. The number of fused-ring (bicyclic) bond motifs is 1. The summed E-state index contributed by atoms with van der Waals surface area (Å²) in [7, 11) is 1.61. The lowest BCUT2D eigenvalue weighted by Gasteiger charge is -2.27. The molecule has 2 saturated heterocycles. The Balaban J connectivity index is 1.38. The predicted molar refractivity (Wildman–Crippen MR) is 120 cm³/mol. The summed E-state index contributed by atoms with van der Waals surface area (Å²) in [5.41, 5.74) is 0.976. The number of hydrogen-bond acceptors (Lipinski definition) is 6. The van der Waals surface area contributed by atoms with Crippen LogP contribution in [-0.2, 0) is 16.6 Å². The van der Waals surface area contributed by atoms with Gasteiger partial charge in [0.2, 0.25) is 5.91 Å². The van der Waals surface area contributed by atoms with E-state index in [1.54, 1.807) is 31.6 Å². The molecule has 1 N–H and O–H groups in total. The lowest BCUT2D eigenvalue weighted by atomic mass is 9.80. The van der Waals surface area contributed by atoms with Gasteiger partial charge in [-0.15, -0.1) is 0 Å². The number of carbonyl (C=O) groups excluding carboxylic acids is 2. The molecule has 2 fully saturated rings. The van der Waals surface area contributed by atoms with E-state index in [1.807, 2.05) is 41.0 Å². The highest BCUT2D eigenvalue weighted by atomic mass is 16.5. The van der Waals surface area contributed by atoms with Gasteiger partial charge in [-0.2, -0.15) is 5.10 Å². The van der Waals surface area contributed by atoms with Crippen LogP contribution in [0.1, 0.15) is 27.6 Å². The summed E-state index contributed by atoms with van der Waals surface area (Å²) in [4.78, 5) is 38.8. The average molecular weight is 447 g/mol. The maximum atomic E-state index is 13.2. The fourth-order valence-electron chi connectivity index (χ4n) is 5.03. The van der Waals surface area contributed by atoms with Gasteiger partial charge in [0, 0.05) is 44.5 Å². The molecule has 0 radical (unpaired) electrons. The first-order valence-electron chi connectivity index (χ1n) is 11.0. The summed E-state index contributed by atoms with van der Waals surface area (Å²) < 4.78 is 5.28. The van der Waals surface area contributed by atoms with Crippen LogP contribution in [0, 0.1) is 12.8 Å². The Morgan fingerprint density at radius 1 is 1.18 bits per heavy atom. The normalized spacial score (nSPS) is 21.8. The molecule has 9 nitrogen and oxygen atoms in total. The monoisotopic (exact) mass is 446 g/mol. The molecule has 4 heterocycles. The van der Waals surface area contributed by atoms with Crippen LogP contribution in [0.4, 0.5) is 0 Å². The van der Waals surface area contributed by atoms with E-state index in [1.165, 1.54) is 0 Å². The maximum absolute atomic E-state index is 13.2. The third-order valence-electron chi connectivity index (χ3n) is 6.69. The van der Waals surface area contributed by atoms with Crippen molar-refractivity contribution in [3.8, 4) is 5.75 Å². The standard InChI is InChI=1S/C24H26N6O3/c1-16-26-23(28-27-16)24-14-29(21(31)10-17-5-3-7-20(9-17)33-2)12-19(24)13-30(15-24)22(32)18-6-4-8-25-11-18/h3-9,11,19H,10,12-15H2,1-2H3,(H,26,27,28)/t19-,24-/m1/s1. The SMILES string of the molecule is COc1cccc(CC(=O)N2C[C@@H]3CN(C(=O)c4cccnc4)C[C@]3(c3n[nH]c(C)n3)C2)c1. The summed E-state index contributed by atoms with van der Waals surface area (Å²) in [6, 6.07) is 11.1. The van der Waals surface area contributed by atoms with Gasteiger partial charge in [-0.3, -0.25) is 19.7 Å².